The molecule has 0 aliphatic carbocycles. The topological polar surface area (TPSA) is 57.8 Å². The summed E-state index contributed by atoms with van der Waals surface area (Å²) >= 11 is 2.28. The van der Waals surface area contributed by atoms with Crippen LogP contribution in [0.15, 0.2) is 35.9 Å². The molecule has 0 aliphatic heterocycles. The molecule has 0 unspecified atom stereocenters. The van der Waals surface area contributed by atoms with Gasteiger partial charge >= 0.3 is 0 Å². The third kappa shape index (κ3) is 4.51. The van der Waals surface area contributed by atoms with Gasteiger partial charge in [0.2, 0.25) is 0 Å². The molecule has 1 heterocycles. The number of benzene rings is 1. The van der Waals surface area contributed by atoms with Gasteiger partial charge in [0.25, 0.3) is 5.91 Å². The van der Waals surface area contributed by atoms with Gasteiger partial charge in [-0.2, -0.15) is 5.26 Å². The first-order valence-electron chi connectivity index (χ1n) is 8.24. The third-order valence-electron chi connectivity index (χ3n) is 4.21. The van der Waals surface area contributed by atoms with Crippen LogP contribution in [0.5, 0.6) is 0 Å². The fraction of sp³-hybridized carbons (Fsp3) is 0.300. The van der Waals surface area contributed by atoms with Crippen LogP contribution in [-0.4, -0.2) is 16.5 Å². The van der Waals surface area contributed by atoms with E-state index >= 15 is 0 Å². The second-order valence-corrected chi connectivity index (χ2v) is 7.34. The summed E-state index contributed by atoms with van der Waals surface area (Å²) in [6, 6.07) is 12.3. The lowest BCUT2D eigenvalue weighted by Crippen LogP contribution is -2.32. The third-order valence-corrected chi connectivity index (χ3v) is 4.93. The van der Waals surface area contributed by atoms with Gasteiger partial charge in [0.05, 0.1) is 0 Å². The minimum absolute atomic E-state index is 0.0449. The Labute approximate surface area is 162 Å². The van der Waals surface area contributed by atoms with Gasteiger partial charge in [0.15, 0.2) is 0 Å². The maximum Gasteiger partial charge on any atom is 0.262 e. The Kier molecular flexibility index (Phi) is 6.43. The number of carbonyl (C=O) groups excluding carboxylic acids is 1. The summed E-state index contributed by atoms with van der Waals surface area (Å²) in [5, 5.41) is 12.2. The summed E-state index contributed by atoms with van der Waals surface area (Å²) in [5.74, 6) is -0.323. The van der Waals surface area contributed by atoms with E-state index in [2.05, 4.69) is 56.7 Å². The van der Waals surface area contributed by atoms with E-state index in [4.69, 9.17) is 0 Å². The molecule has 1 N–H and O–H groups in total. The Morgan fingerprint density at radius 2 is 2.00 bits per heavy atom. The van der Waals surface area contributed by atoms with Crippen molar-refractivity contribution < 1.29 is 4.79 Å². The van der Waals surface area contributed by atoms with Crippen molar-refractivity contribution in [2.24, 2.45) is 0 Å². The number of rotatable bonds is 5. The van der Waals surface area contributed by atoms with Crippen LogP contribution in [0.1, 0.15) is 37.2 Å². The van der Waals surface area contributed by atoms with E-state index in [1.165, 1.54) is 3.57 Å². The summed E-state index contributed by atoms with van der Waals surface area (Å²) in [6.45, 7) is 7.94. The van der Waals surface area contributed by atoms with Gasteiger partial charge < -0.3 is 9.88 Å². The zero-order valence-corrected chi connectivity index (χ0v) is 17.1. The molecule has 0 saturated carbocycles. The Morgan fingerprint density at radius 1 is 1.36 bits per heavy atom. The summed E-state index contributed by atoms with van der Waals surface area (Å²) in [7, 11) is 0. The van der Waals surface area contributed by atoms with Crippen molar-refractivity contribution in [2.75, 3.05) is 0 Å². The molecule has 1 aromatic heterocycles. The minimum Gasteiger partial charge on any atom is -0.349 e. The Hall–Kier alpha value is -2.07. The van der Waals surface area contributed by atoms with Gasteiger partial charge in [0.1, 0.15) is 11.6 Å². The minimum atomic E-state index is -0.323. The molecular formula is C20H22IN3O. The number of amides is 1. The molecular weight excluding hydrogens is 425 g/mol. The highest BCUT2D eigenvalue weighted by Crippen LogP contribution is 2.23. The largest absolute Gasteiger partial charge is 0.349 e. The number of hydrogen-bond donors (Lipinski definition) is 1. The number of nitrogens with one attached hydrogen (secondary N) is 1. The fourth-order valence-electron chi connectivity index (χ4n) is 2.63. The van der Waals surface area contributed by atoms with Crippen molar-refractivity contribution in [1.29, 1.82) is 5.26 Å². The average Bonchev–Trinajstić information content (AvgIpc) is 2.87. The van der Waals surface area contributed by atoms with Crippen LogP contribution in [-0.2, 0) is 4.79 Å². The van der Waals surface area contributed by atoms with Crippen molar-refractivity contribution in [1.82, 2.24) is 9.88 Å². The Balaban J connectivity index is 2.40. The van der Waals surface area contributed by atoms with Crippen molar-refractivity contribution in [3.63, 3.8) is 0 Å². The SMILES string of the molecule is CC[C@H](C)NC(=O)/C(C#N)=C/c1cc(C)n(-c2ccc(I)cc2)c1C. The van der Waals surface area contributed by atoms with E-state index in [1.54, 1.807) is 6.08 Å². The van der Waals surface area contributed by atoms with Gasteiger partial charge in [-0.15, -0.1) is 0 Å². The lowest BCUT2D eigenvalue weighted by Gasteiger charge is -2.11. The predicted molar refractivity (Wildman–Crippen MR) is 109 cm³/mol. The maximum absolute atomic E-state index is 12.2. The van der Waals surface area contributed by atoms with Gasteiger partial charge in [0, 0.05) is 26.7 Å². The van der Waals surface area contributed by atoms with E-state index in [0.717, 1.165) is 29.1 Å². The molecule has 0 spiro atoms. The summed E-state index contributed by atoms with van der Waals surface area (Å²) in [6.07, 6.45) is 2.50. The van der Waals surface area contributed by atoms with Crippen molar-refractivity contribution >= 4 is 34.6 Å². The molecule has 25 heavy (non-hydrogen) atoms. The van der Waals surface area contributed by atoms with Gasteiger partial charge in [-0.3, -0.25) is 4.79 Å². The molecule has 1 atom stereocenters. The number of nitriles is 1. The molecule has 2 aromatic rings. The van der Waals surface area contributed by atoms with Gasteiger partial charge in [-0.05, 0) is 91.8 Å². The molecule has 2 rings (SSSR count). The van der Waals surface area contributed by atoms with Crippen LogP contribution in [0.2, 0.25) is 0 Å². The lowest BCUT2D eigenvalue weighted by molar-refractivity contribution is -0.117. The lowest BCUT2D eigenvalue weighted by atomic mass is 10.1. The maximum atomic E-state index is 12.2. The van der Waals surface area contributed by atoms with Crippen molar-refractivity contribution in [3.8, 4) is 11.8 Å². The molecule has 0 bridgehead atoms. The smallest absolute Gasteiger partial charge is 0.262 e. The van der Waals surface area contributed by atoms with Crippen LogP contribution < -0.4 is 5.32 Å². The Morgan fingerprint density at radius 3 is 2.56 bits per heavy atom. The van der Waals surface area contributed by atoms with Crippen LogP contribution >= 0.6 is 22.6 Å². The number of halogens is 1. The van der Waals surface area contributed by atoms with E-state index in [-0.39, 0.29) is 17.5 Å². The molecule has 4 nitrogen and oxygen atoms in total. The van der Waals surface area contributed by atoms with Crippen LogP contribution in [0.25, 0.3) is 11.8 Å². The van der Waals surface area contributed by atoms with E-state index in [9.17, 15) is 10.1 Å². The van der Waals surface area contributed by atoms with Gasteiger partial charge in [-0.1, -0.05) is 6.92 Å². The summed E-state index contributed by atoms with van der Waals surface area (Å²) in [4.78, 5) is 12.2. The molecule has 0 saturated heterocycles. The second kappa shape index (κ2) is 8.34. The predicted octanol–water partition coefficient (Wildman–Crippen LogP) is 4.52. The first-order valence-corrected chi connectivity index (χ1v) is 9.32. The molecule has 0 aliphatic rings. The standard InChI is InChI=1S/C20H22IN3O/c1-5-13(2)23-20(25)17(12-22)11-16-10-14(3)24(15(16)4)19-8-6-18(21)7-9-19/h6-11,13H,5H2,1-4H3,(H,23,25)/b17-11+/t13-/m0/s1. The Bertz CT molecular complexity index is 841. The van der Waals surface area contributed by atoms with Crippen LogP contribution in [0.4, 0.5) is 0 Å². The normalized spacial score (nSPS) is 12.6. The van der Waals surface area contributed by atoms with Crippen molar-refractivity contribution in [2.45, 2.75) is 40.2 Å². The van der Waals surface area contributed by atoms with Crippen LogP contribution in [0.3, 0.4) is 0 Å². The van der Waals surface area contributed by atoms with Crippen molar-refractivity contribution in [3.05, 3.63) is 56.4 Å². The number of aryl methyl sites for hydroxylation is 1. The molecule has 1 amide bonds. The number of hydrogen-bond acceptors (Lipinski definition) is 2. The number of aromatic nitrogens is 1. The highest BCUT2D eigenvalue weighted by Gasteiger charge is 2.14. The zero-order valence-electron chi connectivity index (χ0n) is 14.9. The quantitative estimate of drug-likeness (QED) is 0.416. The molecule has 130 valence electrons. The van der Waals surface area contributed by atoms with Crippen LogP contribution in [0, 0.1) is 28.7 Å². The fourth-order valence-corrected chi connectivity index (χ4v) is 2.99. The summed E-state index contributed by atoms with van der Waals surface area (Å²) < 4.78 is 3.31. The number of nitrogens with zero attached hydrogens (tertiary/aromatic N) is 2. The van der Waals surface area contributed by atoms with E-state index in [1.807, 2.05) is 39.8 Å². The molecule has 0 radical (unpaired) electrons. The zero-order chi connectivity index (χ0) is 18.6. The molecule has 5 heteroatoms. The average molecular weight is 447 g/mol. The highest BCUT2D eigenvalue weighted by molar-refractivity contribution is 14.1. The highest BCUT2D eigenvalue weighted by atomic mass is 127. The monoisotopic (exact) mass is 447 g/mol. The molecule has 0 fully saturated rings. The molecule has 1 aromatic carbocycles. The first-order chi connectivity index (χ1) is 11.9. The summed E-state index contributed by atoms with van der Waals surface area (Å²) in [5.41, 5.74) is 4.14. The number of carbonyl (C=O) groups is 1. The first kappa shape index (κ1) is 19.3. The second-order valence-electron chi connectivity index (χ2n) is 6.09. The van der Waals surface area contributed by atoms with Gasteiger partial charge in [-0.25, -0.2) is 0 Å². The van der Waals surface area contributed by atoms with E-state index in [0.29, 0.717) is 0 Å². The van der Waals surface area contributed by atoms with E-state index < -0.39 is 0 Å².